The largest absolute Gasteiger partial charge is 0.468 e. The average Bonchev–Trinajstić information content (AvgIpc) is 3.31. The van der Waals surface area contributed by atoms with Gasteiger partial charge in [-0.1, -0.05) is 44.2 Å². The Bertz CT molecular complexity index is 855. The van der Waals surface area contributed by atoms with Crippen molar-refractivity contribution >= 4 is 11.9 Å². The molecule has 3 heterocycles. The molecular formula is C24H31N3O3. The Balaban J connectivity index is 1.51. The van der Waals surface area contributed by atoms with Crippen LogP contribution in [-0.2, 0) is 17.8 Å². The molecule has 1 aromatic heterocycles. The highest BCUT2D eigenvalue weighted by molar-refractivity contribution is 6.07. The first-order valence-corrected chi connectivity index (χ1v) is 10.9. The van der Waals surface area contributed by atoms with E-state index in [2.05, 4.69) is 17.0 Å². The number of urea groups is 1. The molecule has 0 atom stereocenters. The number of carbonyl (C=O) groups is 2. The fourth-order valence-corrected chi connectivity index (χ4v) is 4.69. The van der Waals surface area contributed by atoms with Gasteiger partial charge in [0.05, 0.1) is 12.8 Å². The van der Waals surface area contributed by atoms with Crippen LogP contribution in [0.1, 0.15) is 38.0 Å². The number of hydrogen-bond donors (Lipinski definition) is 0. The number of rotatable bonds is 7. The zero-order chi connectivity index (χ0) is 21.1. The molecule has 0 bridgehead atoms. The molecule has 2 fully saturated rings. The number of amides is 3. The van der Waals surface area contributed by atoms with Gasteiger partial charge in [-0.15, -0.1) is 0 Å². The second kappa shape index (κ2) is 8.64. The number of nitrogens with zero attached hydrogens (tertiary/aromatic N) is 3. The fourth-order valence-electron chi connectivity index (χ4n) is 4.69. The van der Waals surface area contributed by atoms with E-state index in [-0.39, 0.29) is 17.9 Å². The lowest BCUT2D eigenvalue weighted by atomic mass is 9.85. The molecule has 0 saturated carbocycles. The maximum absolute atomic E-state index is 13.5. The summed E-state index contributed by atoms with van der Waals surface area (Å²) in [6, 6.07) is 13.9. The second-order valence-corrected chi connectivity index (χ2v) is 8.87. The van der Waals surface area contributed by atoms with Crippen molar-refractivity contribution in [1.29, 1.82) is 0 Å². The third-order valence-electron chi connectivity index (χ3n) is 6.28. The van der Waals surface area contributed by atoms with E-state index in [9.17, 15) is 9.59 Å². The normalized spacial score (nSPS) is 19.4. The van der Waals surface area contributed by atoms with Crippen LogP contribution < -0.4 is 0 Å². The van der Waals surface area contributed by atoms with Gasteiger partial charge in [-0.05, 0) is 42.9 Å². The highest BCUT2D eigenvalue weighted by Gasteiger charge is 2.57. The van der Waals surface area contributed by atoms with E-state index in [0.717, 1.165) is 31.8 Å². The summed E-state index contributed by atoms with van der Waals surface area (Å²) in [7, 11) is 0. The number of carbonyl (C=O) groups excluding carboxylic acids is 2. The van der Waals surface area contributed by atoms with Crippen molar-refractivity contribution in [3.8, 4) is 0 Å². The van der Waals surface area contributed by atoms with Crippen LogP contribution in [-0.4, -0.2) is 58.4 Å². The first-order chi connectivity index (χ1) is 14.5. The molecule has 0 N–H and O–H groups in total. The summed E-state index contributed by atoms with van der Waals surface area (Å²) in [5.74, 6) is 1.18. The van der Waals surface area contributed by atoms with E-state index in [1.165, 1.54) is 10.5 Å². The van der Waals surface area contributed by atoms with Gasteiger partial charge in [0.15, 0.2) is 0 Å². The SMILES string of the molecule is CC(C)CN1C(=O)N(CCc2ccccc2)C2(CCN(Cc3ccco3)CC2)C1=O. The Labute approximate surface area is 178 Å². The van der Waals surface area contributed by atoms with Crippen LogP contribution in [0.3, 0.4) is 0 Å². The number of furan rings is 1. The smallest absolute Gasteiger partial charge is 0.327 e. The summed E-state index contributed by atoms with van der Waals surface area (Å²) in [6.07, 6.45) is 3.78. The average molecular weight is 410 g/mol. The van der Waals surface area contributed by atoms with Gasteiger partial charge in [0.25, 0.3) is 5.91 Å². The minimum atomic E-state index is -0.708. The minimum absolute atomic E-state index is 0.00749. The van der Waals surface area contributed by atoms with Crippen molar-refractivity contribution in [2.24, 2.45) is 5.92 Å². The van der Waals surface area contributed by atoms with Gasteiger partial charge in [-0.25, -0.2) is 4.79 Å². The summed E-state index contributed by atoms with van der Waals surface area (Å²) < 4.78 is 5.48. The van der Waals surface area contributed by atoms with Crippen LogP contribution in [0.4, 0.5) is 4.79 Å². The number of piperidine rings is 1. The Kier molecular flexibility index (Phi) is 5.95. The molecule has 0 unspecified atom stereocenters. The van der Waals surface area contributed by atoms with Crippen molar-refractivity contribution in [2.75, 3.05) is 26.2 Å². The van der Waals surface area contributed by atoms with Gasteiger partial charge in [-0.3, -0.25) is 14.6 Å². The lowest BCUT2D eigenvalue weighted by Crippen LogP contribution is -2.56. The summed E-state index contributed by atoms with van der Waals surface area (Å²) in [5, 5.41) is 0. The van der Waals surface area contributed by atoms with Crippen LogP contribution in [0.2, 0.25) is 0 Å². The van der Waals surface area contributed by atoms with E-state index in [0.29, 0.717) is 25.9 Å². The number of benzene rings is 1. The van der Waals surface area contributed by atoms with Gasteiger partial charge in [0.2, 0.25) is 0 Å². The minimum Gasteiger partial charge on any atom is -0.468 e. The van der Waals surface area contributed by atoms with Gasteiger partial charge >= 0.3 is 6.03 Å². The Morgan fingerprint density at radius 1 is 1.03 bits per heavy atom. The lowest BCUT2D eigenvalue weighted by Gasteiger charge is -2.42. The van der Waals surface area contributed by atoms with E-state index in [1.807, 2.05) is 49.1 Å². The van der Waals surface area contributed by atoms with Crippen LogP contribution in [0, 0.1) is 5.92 Å². The maximum atomic E-state index is 13.5. The van der Waals surface area contributed by atoms with E-state index in [4.69, 9.17) is 4.42 Å². The van der Waals surface area contributed by atoms with E-state index < -0.39 is 5.54 Å². The molecule has 1 aromatic carbocycles. The molecule has 6 heteroatoms. The first kappa shape index (κ1) is 20.7. The highest BCUT2D eigenvalue weighted by atomic mass is 16.3. The van der Waals surface area contributed by atoms with E-state index in [1.54, 1.807) is 6.26 Å². The monoisotopic (exact) mass is 409 g/mol. The Morgan fingerprint density at radius 2 is 1.77 bits per heavy atom. The molecular weight excluding hydrogens is 378 g/mol. The molecule has 2 aliphatic rings. The van der Waals surface area contributed by atoms with Crippen molar-refractivity contribution in [3.05, 3.63) is 60.1 Å². The molecule has 2 aliphatic heterocycles. The van der Waals surface area contributed by atoms with Gasteiger partial charge < -0.3 is 9.32 Å². The summed E-state index contributed by atoms with van der Waals surface area (Å²) in [4.78, 5) is 32.5. The van der Waals surface area contributed by atoms with Crippen LogP contribution >= 0.6 is 0 Å². The summed E-state index contributed by atoms with van der Waals surface area (Å²) in [6.45, 7) is 7.44. The molecule has 160 valence electrons. The van der Waals surface area contributed by atoms with Gasteiger partial charge in [0, 0.05) is 26.2 Å². The van der Waals surface area contributed by atoms with E-state index >= 15 is 0 Å². The van der Waals surface area contributed by atoms with Gasteiger partial charge in [0.1, 0.15) is 11.3 Å². The predicted octanol–water partition coefficient (Wildman–Crippen LogP) is 3.78. The zero-order valence-corrected chi connectivity index (χ0v) is 17.9. The molecule has 4 rings (SSSR count). The van der Waals surface area contributed by atoms with Crippen LogP contribution in [0.15, 0.2) is 53.1 Å². The molecule has 1 spiro atoms. The predicted molar refractivity (Wildman–Crippen MR) is 115 cm³/mol. The number of hydrogen-bond acceptors (Lipinski definition) is 4. The molecule has 2 saturated heterocycles. The fraction of sp³-hybridized carbons (Fsp3) is 0.500. The van der Waals surface area contributed by atoms with Crippen molar-refractivity contribution in [3.63, 3.8) is 0 Å². The Hall–Kier alpha value is -2.60. The molecule has 30 heavy (non-hydrogen) atoms. The summed E-state index contributed by atoms with van der Waals surface area (Å²) >= 11 is 0. The van der Waals surface area contributed by atoms with Crippen molar-refractivity contribution < 1.29 is 14.0 Å². The topological polar surface area (TPSA) is 57.0 Å². The molecule has 0 aliphatic carbocycles. The second-order valence-electron chi connectivity index (χ2n) is 8.87. The standard InChI is InChI=1S/C24H31N3O3/c1-19(2)17-26-22(28)24(11-14-25(15-12-24)18-21-9-6-16-30-21)27(23(26)29)13-10-20-7-4-3-5-8-20/h3-9,16,19H,10-15,17-18H2,1-2H3. The Morgan fingerprint density at radius 3 is 2.40 bits per heavy atom. The molecule has 6 nitrogen and oxygen atoms in total. The van der Waals surface area contributed by atoms with Crippen molar-refractivity contribution in [2.45, 2.75) is 45.2 Å². The zero-order valence-electron chi connectivity index (χ0n) is 17.9. The molecule has 0 radical (unpaired) electrons. The van der Waals surface area contributed by atoms with Gasteiger partial charge in [-0.2, -0.15) is 0 Å². The van der Waals surface area contributed by atoms with Crippen LogP contribution in [0.25, 0.3) is 0 Å². The van der Waals surface area contributed by atoms with Crippen LogP contribution in [0.5, 0.6) is 0 Å². The van der Waals surface area contributed by atoms with Crippen molar-refractivity contribution in [1.82, 2.24) is 14.7 Å². The molecule has 2 aromatic rings. The molecule has 3 amide bonds. The number of imide groups is 1. The first-order valence-electron chi connectivity index (χ1n) is 10.9. The quantitative estimate of drug-likeness (QED) is 0.653. The summed E-state index contributed by atoms with van der Waals surface area (Å²) in [5.41, 5.74) is 0.478. The third kappa shape index (κ3) is 4.01. The lowest BCUT2D eigenvalue weighted by molar-refractivity contribution is -0.136. The maximum Gasteiger partial charge on any atom is 0.327 e. The third-order valence-corrected chi connectivity index (χ3v) is 6.28. The highest BCUT2D eigenvalue weighted by Crippen LogP contribution is 2.38. The number of likely N-dealkylation sites (tertiary alicyclic amines) is 1.